The molecule has 2 rings (SSSR count). The van der Waals surface area contributed by atoms with E-state index in [1.807, 2.05) is 38.1 Å². The fourth-order valence-corrected chi connectivity index (χ4v) is 3.67. The summed E-state index contributed by atoms with van der Waals surface area (Å²) in [6.45, 7) is 7.56. The molecule has 0 amide bonds. The number of ether oxygens (including phenoxy) is 3. The number of esters is 1. The number of rotatable bonds is 17. The van der Waals surface area contributed by atoms with Gasteiger partial charge in [0.25, 0.3) is 0 Å². The predicted octanol–water partition coefficient (Wildman–Crippen LogP) is 7.98. The van der Waals surface area contributed by atoms with Crippen LogP contribution in [-0.2, 0) is 9.53 Å². The van der Waals surface area contributed by atoms with E-state index in [1.165, 1.54) is 32.1 Å². The molecule has 0 N–H and O–H groups in total. The highest BCUT2D eigenvalue weighted by Crippen LogP contribution is 2.25. The maximum Gasteiger partial charge on any atom is 0.306 e. The SMILES string of the molecule is CCCCCCCCOc1ccc(-c2ccc(OCCCC(C)OC(=O)CCC)cc2)cc1. The summed E-state index contributed by atoms with van der Waals surface area (Å²) in [6, 6.07) is 16.5. The summed E-state index contributed by atoms with van der Waals surface area (Å²) in [5.41, 5.74) is 2.32. The predicted molar refractivity (Wildman–Crippen MR) is 136 cm³/mol. The summed E-state index contributed by atoms with van der Waals surface area (Å²) in [7, 11) is 0. The molecule has 0 aliphatic rings. The van der Waals surface area contributed by atoms with Crippen molar-refractivity contribution in [3.8, 4) is 22.6 Å². The highest BCUT2D eigenvalue weighted by atomic mass is 16.5. The van der Waals surface area contributed by atoms with E-state index in [2.05, 4.69) is 31.2 Å². The van der Waals surface area contributed by atoms with Gasteiger partial charge in [-0.05, 0) is 68.0 Å². The first-order valence-electron chi connectivity index (χ1n) is 12.8. The third-order valence-electron chi connectivity index (χ3n) is 5.62. The maximum absolute atomic E-state index is 11.5. The molecular weight excluding hydrogens is 412 g/mol. The molecule has 0 fully saturated rings. The van der Waals surface area contributed by atoms with Gasteiger partial charge < -0.3 is 14.2 Å². The van der Waals surface area contributed by atoms with Crippen molar-refractivity contribution in [2.45, 2.75) is 91.1 Å². The fourth-order valence-electron chi connectivity index (χ4n) is 3.67. The largest absolute Gasteiger partial charge is 0.494 e. The smallest absolute Gasteiger partial charge is 0.306 e. The van der Waals surface area contributed by atoms with Crippen LogP contribution in [0.25, 0.3) is 11.1 Å². The first kappa shape index (κ1) is 26.8. The second-order valence-corrected chi connectivity index (χ2v) is 8.71. The third-order valence-corrected chi connectivity index (χ3v) is 5.62. The van der Waals surface area contributed by atoms with Crippen LogP contribution in [0.4, 0.5) is 0 Å². The molecule has 0 aliphatic heterocycles. The Morgan fingerprint density at radius 2 is 1.21 bits per heavy atom. The van der Waals surface area contributed by atoms with E-state index in [0.29, 0.717) is 13.0 Å². The summed E-state index contributed by atoms with van der Waals surface area (Å²) < 4.78 is 17.1. The van der Waals surface area contributed by atoms with E-state index in [1.54, 1.807) is 0 Å². The quantitative estimate of drug-likeness (QED) is 0.179. The van der Waals surface area contributed by atoms with Gasteiger partial charge in [0, 0.05) is 6.42 Å². The van der Waals surface area contributed by atoms with E-state index in [9.17, 15) is 4.79 Å². The average molecular weight is 455 g/mol. The average Bonchev–Trinajstić information content (AvgIpc) is 2.82. The highest BCUT2D eigenvalue weighted by molar-refractivity contribution is 5.69. The Morgan fingerprint density at radius 3 is 1.76 bits per heavy atom. The van der Waals surface area contributed by atoms with Gasteiger partial charge in [-0.3, -0.25) is 4.79 Å². The molecule has 0 spiro atoms. The molecule has 0 saturated heterocycles. The normalized spacial score (nSPS) is 11.7. The van der Waals surface area contributed by atoms with Crippen LogP contribution >= 0.6 is 0 Å². The van der Waals surface area contributed by atoms with Crippen molar-refractivity contribution in [2.24, 2.45) is 0 Å². The second kappa shape index (κ2) is 16.2. The lowest BCUT2D eigenvalue weighted by Gasteiger charge is -2.13. The zero-order valence-electron chi connectivity index (χ0n) is 20.8. The number of hydrogen-bond donors (Lipinski definition) is 0. The number of benzene rings is 2. The van der Waals surface area contributed by atoms with Crippen LogP contribution in [0.5, 0.6) is 11.5 Å². The van der Waals surface area contributed by atoms with Crippen LogP contribution in [-0.4, -0.2) is 25.3 Å². The number of hydrogen-bond acceptors (Lipinski definition) is 4. The molecule has 33 heavy (non-hydrogen) atoms. The third kappa shape index (κ3) is 11.3. The molecule has 4 nitrogen and oxygen atoms in total. The number of unbranched alkanes of at least 4 members (excludes halogenated alkanes) is 5. The summed E-state index contributed by atoms with van der Waals surface area (Å²) in [5.74, 6) is 1.68. The molecule has 0 aliphatic carbocycles. The molecule has 0 saturated carbocycles. The lowest BCUT2D eigenvalue weighted by molar-refractivity contribution is -0.148. The van der Waals surface area contributed by atoms with Gasteiger partial charge in [0.2, 0.25) is 0 Å². The molecule has 2 aromatic rings. The molecule has 182 valence electrons. The fraction of sp³-hybridized carbons (Fsp3) is 0.552. The summed E-state index contributed by atoms with van der Waals surface area (Å²) >= 11 is 0. The van der Waals surface area contributed by atoms with Crippen molar-refractivity contribution in [3.63, 3.8) is 0 Å². The Balaban J connectivity index is 1.67. The lowest BCUT2D eigenvalue weighted by Crippen LogP contribution is -2.15. The molecule has 1 unspecified atom stereocenters. The Labute approximate surface area is 200 Å². The van der Waals surface area contributed by atoms with Crippen LogP contribution < -0.4 is 9.47 Å². The van der Waals surface area contributed by atoms with Gasteiger partial charge in [-0.1, -0.05) is 70.2 Å². The molecule has 0 radical (unpaired) electrons. The van der Waals surface area contributed by atoms with E-state index in [0.717, 1.165) is 54.9 Å². The van der Waals surface area contributed by atoms with Gasteiger partial charge in [0.05, 0.1) is 19.3 Å². The Hall–Kier alpha value is -2.49. The second-order valence-electron chi connectivity index (χ2n) is 8.71. The van der Waals surface area contributed by atoms with Crippen molar-refractivity contribution in [2.75, 3.05) is 13.2 Å². The zero-order chi connectivity index (χ0) is 23.7. The molecule has 2 aromatic carbocycles. The molecular formula is C29H42O4. The van der Waals surface area contributed by atoms with E-state index >= 15 is 0 Å². The molecule has 1 atom stereocenters. The minimum Gasteiger partial charge on any atom is -0.494 e. The Bertz CT molecular complexity index is 767. The van der Waals surface area contributed by atoms with Crippen molar-refractivity contribution in [3.05, 3.63) is 48.5 Å². The Morgan fingerprint density at radius 1 is 0.697 bits per heavy atom. The standard InChI is InChI=1S/C29H42O4/c1-4-6-7-8-9-10-22-31-27-18-14-25(15-19-27)26-16-20-28(21-17-26)32-23-11-13-24(3)33-29(30)12-5-2/h14-21,24H,4-13,22-23H2,1-3H3. The maximum atomic E-state index is 11.5. The van der Waals surface area contributed by atoms with Crippen LogP contribution in [0.1, 0.15) is 85.0 Å². The van der Waals surface area contributed by atoms with E-state index in [4.69, 9.17) is 14.2 Å². The van der Waals surface area contributed by atoms with Crippen molar-refractivity contribution >= 4 is 5.97 Å². The van der Waals surface area contributed by atoms with Gasteiger partial charge >= 0.3 is 5.97 Å². The minimum atomic E-state index is -0.112. The number of carbonyl (C=O) groups excluding carboxylic acids is 1. The van der Waals surface area contributed by atoms with Gasteiger partial charge in [-0.25, -0.2) is 0 Å². The van der Waals surface area contributed by atoms with Crippen LogP contribution in [0.2, 0.25) is 0 Å². The van der Waals surface area contributed by atoms with Gasteiger partial charge in [-0.2, -0.15) is 0 Å². The molecule has 0 heterocycles. The summed E-state index contributed by atoms with van der Waals surface area (Å²) in [5, 5.41) is 0. The first-order chi connectivity index (χ1) is 16.1. The lowest BCUT2D eigenvalue weighted by atomic mass is 10.1. The number of carbonyl (C=O) groups is 1. The van der Waals surface area contributed by atoms with Crippen LogP contribution in [0, 0.1) is 0 Å². The van der Waals surface area contributed by atoms with Crippen molar-refractivity contribution in [1.82, 2.24) is 0 Å². The van der Waals surface area contributed by atoms with E-state index in [-0.39, 0.29) is 12.1 Å². The monoisotopic (exact) mass is 454 g/mol. The van der Waals surface area contributed by atoms with Crippen LogP contribution in [0.3, 0.4) is 0 Å². The van der Waals surface area contributed by atoms with E-state index < -0.39 is 0 Å². The summed E-state index contributed by atoms with van der Waals surface area (Å²) in [6.07, 6.45) is 10.5. The van der Waals surface area contributed by atoms with Crippen molar-refractivity contribution < 1.29 is 19.0 Å². The van der Waals surface area contributed by atoms with Crippen molar-refractivity contribution in [1.29, 1.82) is 0 Å². The highest BCUT2D eigenvalue weighted by Gasteiger charge is 2.08. The van der Waals surface area contributed by atoms with Gasteiger partial charge in [0.15, 0.2) is 0 Å². The minimum absolute atomic E-state index is 0.0622. The molecule has 4 heteroatoms. The molecule has 0 aromatic heterocycles. The Kier molecular flexibility index (Phi) is 13.1. The topological polar surface area (TPSA) is 44.8 Å². The van der Waals surface area contributed by atoms with Gasteiger partial charge in [0.1, 0.15) is 11.5 Å². The van der Waals surface area contributed by atoms with Gasteiger partial charge in [-0.15, -0.1) is 0 Å². The molecule has 0 bridgehead atoms. The first-order valence-corrected chi connectivity index (χ1v) is 12.8. The van der Waals surface area contributed by atoms with Crippen LogP contribution in [0.15, 0.2) is 48.5 Å². The summed E-state index contributed by atoms with van der Waals surface area (Å²) in [4.78, 5) is 11.5. The zero-order valence-corrected chi connectivity index (χ0v) is 20.8.